The second kappa shape index (κ2) is 16.7. The monoisotopic (exact) mass is 879 g/mol. The topological polar surface area (TPSA) is 16.4 Å². The van der Waals surface area contributed by atoms with Crippen LogP contribution in [0.25, 0.3) is 77.6 Å². The molecular formula is C67H45NO. The molecule has 1 heterocycles. The van der Waals surface area contributed by atoms with E-state index in [2.05, 4.69) is 266 Å². The molecule has 0 amide bonds. The predicted octanol–water partition coefficient (Wildman–Crippen LogP) is 18.1. The number of para-hydroxylation sites is 1. The Hall–Kier alpha value is -8.98. The Morgan fingerprint density at radius 1 is 0.275 bits per heavy atom. The fourth-order valence-corrected chi connectivity index (χ4v) is 11.0. The molecule has 0 saturated heterocycles. The van der Waals surface area contributed by atoms with Gasteiger partial charge in [-0.15, -0.1) is 0 Å². The lowest BCUT2D eigenvalue weighted by atomic mass is 9.67. The molecule has 0 spiro atoms. The van der Waals surface area contributed by atoms with Crippen LogP contribution < -0.4 is 4.90 Å². The van der Waals surface area contributed by atoms with Crippen molar-refractivity contribution in [3.8, 4) is 55.6 Å². The standard InChI is InChI=1S/C67H45NO/c1-4-18-46(19-5-1)49-20-14-27-55(42-49)68(57-29-16-22-52(44-57)58-32-17-35-65-66(58)60-31-11-13-34-64(60)69-65)56-28-15-21-50(43-56)47-36-38-48(39-37-47)51-40-41-63-61(45-51)59-30-10-12-33-62(59)67(63,53-23-6-2-7-24-53)54-25-8-3-9-26-54/h1-45H. The number of anilines is 3. The minimum Gasteiger partial charge on any atom is -0.456 e. The zero-order chi connectivity index (χ0) is 45.7. The highest BCUT2D eigenvalue weighted by Gasteiger charge is 2.46. The van der Waals surface area contributed by atoms with Crippen LogP contribution in [0.2, 0.25) is 0 Å². The molecule has 0 N–H and O–H groups in total. The summed E-state index contributed by atoms with van der Waals surface area (Å²) in [5.41, 5.74) is 21.6. The van der Waals surface area contributed by atoms with E-state index in [1.165, 1.54) is 50.1 Å². The first-order chi connectivity index (χ1) is 34.2. The lowest BCUT2D eigenvalue weighted by molar-refractivity contribution is 0.669. The molecule has 13 rings (SSSR count). The maximum atomic E-state index is 6.33. The van der Waals surface area contributed by atoms with Crippen molar-refractivity contribution in [3.63, 3.8) is 0 Å². The summed E-state index contributed by atoms with van der Waals surface area (Å²) in [7, 11) is 0. The number of furan rings is 1. The molecule has 11 aromatic carbocycles. The maximum absolute atomic E-state index is 6.33. The van der Waals surface area contributed by atoms with Gasteiger partial charge in [-0.2, -0.15) is 0 Å². The van der Waals surface area contributed by atoms with E-state index in [-0.39, 0.29) is 0 Å². The van der Waals surface area contributed by atoms with E-state index in [4.69, 9.17) is 4.42 Å². The van der Waals surface area contributed by atoms with Gasteiger partial charge in [0.25, 0.3) is 0 Å². The molecular weight excluding hydrogens is 835 g/mol. The van der Waals surface area contributed by atoms with Crippen LogP contribution in [0.1, 0.15) is 22.3 Å². The largest absolute Gasteiger partial charge is 0.456 e. The lowest BCUT2D eigenvalue weighted by Gasteiger charge is -2.33. The van der Waals surface area contributed by atoms with Crippen molar-refractivity contribution in [1.82, 2.24) is 0 Å². The highest BCUT2D eigenvalue weighted by atomic mass is 16.3. The highest BCUT2D eigenvalue weighted by molar-refractivity contribution is 6.12. The van der Waals surface area contributed by atoms with Crippen molar-refractivity contribution in [2.24, 2.45) is 0 Å². The van der Waals surface area contributed by atoms with E-state index in [0.717, 1.165) is 66.8 Å². The normalized spacial score (nSPS) is 12.5. The second-order valence-electron chi connectivity index (χ2n) is 18.0. The fraction of sp³-hybridized carbons (Fsp3) is 0.0149. The van der Waals surface area contributed by atoms with E-state index >= 15 is 0 Å². The number of nitrogens with zero attached hydrogens (tertiary/aromatic N) is 1. The Morgan fingerprint density at radius 3 is 1.36 bits per heavy atom. The van der Waals surface area contributed by atoms with Gasteiger partial charge in [0, 0.05) is 27.8 Å². The van der Waals surface area contributed by atoms with E-state index < -0.39 is 5.41 Å². The second-order valence-corrected chi connectivity index (χ2v) is 18.0. The van der Waals surface area contributed by atoms with Crippen molar-refractivity contribution in [2.45, 2.75) is 5.41 Å². The number of fused-ring (bicyclic) bond motifs is 6. The van der Waals surface area contributed by atoms with Gasteiger partial charge >= 0.3 is 0 Å². The molecule has 0 bridgehead atoms. The first-order valence-corrected chi connectivity index (χ1v) is 23.7. The first-order valence-electron chi connectivity index (χ1n) is 23.7. The summed E-state index contributed by atoms with van der Waals surface area (Å²) in [6, 6.07) is 99.1. The van der Waals surface area contributed by atoms with Crippen molar-refractivity contribution in [2.75, 3.05) is 4.90 Å². The molecule has 69 heavy (non-hydrogen) atoms. The quantitative estimate of drug-likeness (QED) is 0.144. The van der Waals surface area contributed by atoms with Gasteiger partial charge in [-0.1, -0.05) is 218 Å². The molecule has 2 heteroatoms. The summed E-state index contributed by atoms with van der Waals surface area (Å²) in [4.78, 5) is 2.38. The fourth-order valence-electron chi connectivity index (χ4n) is 11.0. The predicted molar refractivity (Wildman–Crippen MR) is 287 cm³/mol. The Morgan fingerprint density at radius 2 is 0.710 bits per heavy atom. The third kappa shape index (κ3) is 6.80. The summed E-state index contributed by atoms with van der Waals surface area (Å²) in [6.07, 6.45) is 0. The molecule has 324 valence electrons. The number of hydrogen-bond donors (Lipinski definition) is 0. The molecule has 1 aromatic heterocycles. The van der Waals surface area contributed by atoms with Crippen molar-refractivity contribution < 1.29 is 4.42 Å². The van der Waals surface area contributed by atoms with Crippen LogP contribution in [-0.4, -0.2) is 0 Å². The van der Waals surface area contributed by atoms with Crippen LogP contribution >= 0.6 is 0 Å². The van der Waals surface area contributed by atoms with Crippen LogP contribution in [0.4, 0.5) is 17.1 Å². The number of hydrogen-bond acceptors (Lipinski definition) is 2. The lowest BCUT2D eigenvalue weighted by Crippen LogP contribution is -2.28. The molecule has 0 aliphatic heterocycles. The van der Waals surface area contributed by atoms with Gasteiger partial charge in [0.2, 0.25) is 0 Å². The van der Waals surface area contributed by atoms with E-state index in [1.54, 1.807) is 0 Å². The SMILES string of the molecule is c1ccc(-c2cccc(N(c3cccc(-c4ccc(-c5ccc6c(c5)-c5ccccc5C6(c5ccccc5)c5ccccc5)cc4)c3)c3cccc(-c4cccc5oc6ccccc6c45)c3)c2)cc1. The molecule has 1 aliphatic rings. The third-order valence-electron chi connectivity index (χ3n) is 14.1. The van der Waals surface area contributed by atoms with Gasteiger partial charge in [-0.05, 0) is 132 Å². The van der Waals surface area contributed by atoms with Crippen LogP contribution in [0, 0.1) is 0 Å². The smallest absolute Gasteiger partial charge is 0.136 e. The Kier molecular flexibility index (Phi) is 9.77. The average molecular weight is 880 g/mol. The Labute approximate surface area is 402 Å². The summed E-state index contributed by atoms with van der Waals surface area (Å²) in [5, 5.41) is 2.25. The van der Waals surface area contributed by atoms with E-state index in [1.807, 2.05) is 12.1 Å². The van der Waals surface area contributed by atoms with Gasteiger partial charge in [-0.25, -0.2) is 0 Å². The molecule has 2 nitrogen and oxygen atoms in total. The Bertz CT molecular complexity index is 3790. The minimum absolute atomic E-state index is 0.414. The van der Waals surface area contributed by atoms with Crippen LogP contribution in [0.3, 0.4) is 0 Å². The first kappa shape index (κ1) is 40.3. The molecule has 1 aliphatic carbocycles. The van der Waals surface area contributed by atoms with Gasteiger partial charge in [0.05, 0.1) is 5.41 Å². The maximum Gasteiger partial charge on any atom is 0.136 e. The summed E-state index contributed by atoms with van der Waals surface area (Å²) in [5.74, 6) is 0. The van der Waals surface area contributed by atoms with Crippen molar-refractivity contribution >= 4 is 39.0 Å². The molecule has 0 atom stereocenters. The van der Waals surface area contributed by atoms with Crippen LogP contribution in [0.5, 0.6) is 0 Å². The summed E-state index contributed by atoms with van der Waals surface area (Å²) < 4.78 is 6.33. The zero-order valence-corrected chi connectivity index (χ0v) is 37.8. The van der Waals surface area contributed by atoms with Gasteiger partial charge in [0.15, 0.2) is 0 Å². The number of benzene rings is 11. The highest BCUT2D eigenvalue weighted by Crippen LogP contribution is 2.56. The molecule has 0 radical (unpaired) electrons. The van der Waals surface area contributed by atoms with Crippen LogP contribution in [-0.2, 0) is 5.41 Å². The average Bonchev–Trinajstić information content (AvgIpc) is 3.96. The van der Waals surface area contributed by atoms with E-state index in [9.17, 15) is 0 Å². The van der Waals surface area contributed by atoms with Crippen LogP contribution in [0.15, 0.2) is 277 Å². The van der Waals surface area contributed by atoms with E-state index in [0.29, 0.717) is 0 Å². The third-order valence-corrected chi connectivity index (χ3v) is 14.1. The van der Waals surface area contributed by atoms with Crippen molar-refractivity contribution in [3.05, 3.63) is 295 Å². The van der Waals surface area contributed by atoms with Gasteiger partial charge < -0.3 is 9.32 Å². The summed E-state index contributed by atoms with van der Waals surface area (Å²) in [6.45, 7) is 0. The number of rotatable bonds is 9. The molecule has 0 fully saturated rings. The van der Waals surface area contributed by atoms with Crippen molar-refractivity contribution in [1.29, 1.82) is 0 Å². The Balaban J connectivity index is 0.890. The minimum atomic E-state index is -0.414. The molecule has 0 unspecified atom stereocenters. The van der Waals surface area contributed by atoms with Gasteiger partial charge in [0.1, 0.15) is 11.2 Å². The molecule has 12 aromatic rings. The van der Waals surface area contributed by atoms with Gasteiger partial charge in [-0.3, -0.25) is 0 Å². The zero-order valence-electron chi connectivity index (χ0n) is 37.8. The summed E-state index contributed by atoms with van der Waals surface area (Å²) >= 11 is 0. The molecule has 0 saturated carbocycles.